The van der Waals surface area contributed by atoms with Gasteiger partial charge in [-0.25, -0.2) is 0 Å². The Balaban J connectivity index is 1.61. The summed E-state index contributed by atoms with van der Waals surface area (Å²) in [7, 11) is 0. The summed E-state index contributed by atoms with van der Waals surface area (Å²) in [6.45, 7) is 0.659. The van der Waals surface area contributed by atoms with Crippen molar-refractivity contribution in [2.45, 2.75) is 19.5 Å². The van der Waals surface area contributed by atoms with Crippen LogP contribution in [0.2, 0.25) is 0 Å². The van der Waals surface area contributed by atoms with Crippen molar-refractivity contribution >= 4 is 22.7 Å². The van der Waals surface area contributed by atoms with Crippen molar-refractivity contribution < 1.29 is 9.59 Å². The number of benzene rings is 2. The summed E-state index contributed by atoms with van der Waals surface area (Å²) in [6.07, 6.45) is 1.48. The number of nitrogens with two attached hydrogens (primary N) is 1. The summed E-state index contributed by atoms with van der Waals surface area (Å²) in [5.41, 5.74) is 7.00. The molecule has 3 N–H and O–H groups in total. The van der Waals surface area contributed by atoms with Crippen molar-refractivity contribution in [1.82, 2.24) is 15.1 Å². The highest BCUT2D eigenvalue weighted by molar-refractivity contribution is 5.92. The minimum Gasteiger partial charge on any atom is -0.366 e. The first-order valence-corrected chi connectivity index (χ1v) is 8.15. The van der Waals surface area contributed by atoms with Gasteiger partial charge in [-0.1, -0.05) is 24.3 Å². The number of carbonyl (C=O) groups is 2. The Bertz CT molecular complexity index is 1030. The van der Waals surface area contributed by atoms with E-state index in [-0.39, 0.29) is 17.8 Å². The number of carbonyl (C=O) groups excluding carboxylic acids is 2. The molecule has 3 aromatic rings. The number of rotatable bonds is 6. The van der Waals surface area contributed by atoms with Gasteiger partial charge in [-0.15, -0.1) is 0 Å². The number of primary amides is 1. The number of nitrogens with zero attached hydrogens (tertiary/aromatic N) is 2. The lowest BCUT2D eigenvalue weighted by molar-refractivity contribution is -0.121. The van der Waals surface area contributed by atoms with Gasteiger partial charge >= 0.3 is 0 Å². The van der Waals surface area contributed by atoms with E-state index in [9.17, 15) is 14.4 Å². The molecule has 1 heterocycles. The van der Waals surface area contributed by atoms with Crippen molar-refractivity contribution in [1.29, 1.82) is 0 Å². The van der Waals surface area contributed by atoms with E-state index < -0.39 is 5.91 Å². The Hall–Kier alpha value is -3.48. The van der Waals surface area contributed by atoms with E-state index in [1.807, 2.05) is 12.1 Å². The van der Waals surface area contributed by atoms with E-state index in [1.165, 1.54) is 6.20 Å². The maximum Gasteiger partial charge on any atom is 0.248 e. The van der Waals surface area contributed by atoms with Gasteiger partial charge in [0.05, 0.1) is 18.3 Å². The van der Waals surface area contributed by atoms with Crippen molar-refractivity contribution in [2.24, 2.45) is 5.73 Å². The molecular formula is C19H18N4O3. The van der Waals surface area contributed by atoms with Crippen molar-refractivity contribution in [2.75, 3.05) is 0 Å². The lowest BCUT2D eigenvalue weighted by atomic mass is 10.1. The first-order valence-electron chi connectivity index (χ1n) is 8.15. The van der Waals surface area contributed by atoms with E-state index in [1.54, 1.807) is 41.1 Å². The van der Waals surface area contributed by atoms with Crippen LogP contribution in [0.25, 0.3) is 10.9 Å². The van der Waals surface area contributed by atoms with Gasteiger partial charge < -0.3 is 11.1 Å². The molecule has 0 radical (unpaired) electrons. The summed E-state index contributed by atoms with van der Waals surface area (Å²) in [4.78, 5) is 35.1. The number of aromatic nitrogens is 2. The number of amides is 2. The Labute approximate surface area is 149 Å². The highest BCUT2D eigenvalue weighted by atomic mass is 16.2. The largest absolute Gasteiger partial charge is 0.366 e. The molecule has 0 atom stereocenters. The molecule has 0 bridgehead atoms. The van der Waals surface area contributed by atoms with Crippen LogP contribution in [0.5, 0.6) is 0 Å². The second-order valence-electron chi connectivity index (χ2n) is 5.84. The zero-order valence-corrected chi connectivity index (χ0v) is 14.0. The van der Waals surface area contributed by atoms with Crippen LogP contribution in [-0.4, -0.2) is 21.6 Å². The quantitative estimate of drug-likeness (QED) is 0.696. The molecule has 26 heavy (non-hydrogen) atoms. The lowest BCUT2D eigenvalue weighted by Crippen LogP contribution is -2.25. The molecule has 0 aliphatic rings. The summed E-state index contributed by atoms with van der Waals surface area (Å²) in [5, 5.41) is 7.48. The van der Waals surface area contributed by atoms with Crippen LogP contribution >= 0.6 is 0 Å². The predicted molar refractivity (Wildman–Crippen MR) is 97.4 cm³/mol. The Morgan fingerprint density at radius 1 is 1.12 bits per heavy atom. The molecule has 3 rings (SSSR count). The van der Waals surface area contributed by atoms with Crippen molar-refractivity contribution in [3.8, 4) is 0 Å². The SMILES string of the molecule is NC(=O)c1cccc(CNC(=O)CCn2ncc(=O)c3ccccc32)c1. The molecule has 0 saturated carbocycles. The number of hydrogen-bond acceptors (Lipinski definition) is 4. The highest BCUT2D eigenvalue weighted by Gasteiger charge is 2.07. The van der Waals surface area contributed by atoms with Crippen molar-refractivity contribution in [3.63, 3.8) is 0 Å². The summed E-state index contributed by atoms with van der Waals surface area (Å²) >= 11 is 0. The molecule has 0 saturated heterocycles. The van der Waals surface area contributed by atoms with Crippen molar-refractivity contribution in [3.05, 3.63) is 76.1 Å². The second kappa shape index (κ2) is 7.60. The van der Waals surface area contributed by atoms with Gasteiger partial charge in [0.1, 0.15) is 0 Å². The molecule has 1 aromatic heterocycles. The van der Waals surface area contributed by atoms with Crippen LogP contribution in [0.1, 0.15) is 22.3 Å². The molecule has 132 valence electrons. The number of fused-ring (bicyclic) bond motifs is 1. The molecule has 0 spiro atoms. The van der Waals surface area contributed by atoms with Gasteiger partial charge in [-0.3, -0.25) is 19.1 Å². The average molecular weight is 350 g/mol. The van der Waals surface area contributed by atoms with Crippen LogP contribution in [0, 0.1) is 0 Å². The number of nitrogens with one attached hydrogen (secondary N) is 1. The minimum atomic E-state index is -0.505. The number of para-hydroxylation sites is 1. The predicted octanol–water partition coefficient (Wildman–Crippen LogP) is 1.20. The first-order chi connectivity index (χ1) is 12.5. The third kappa shape index (κ3) is 3.94. The first kappa shape index (κ1) is 17.3. The van der Waals surface area contributed by atoms with Crippen LogP contribution in [0.3, 0.4) is 0 Å². The highest BCUT2D eigenvalue weighted by Crippen LogP contribution is 2.08. The fourth-order valence-electron chi connectivity index (χ4n) is 2.67. The summed E-state index contributed by atoms with van der Waals surface area (Å²) < 4.78 is 1.64. The molecule has 2 aromatic carbocycles. The van der Waals surface area contributed by atoms with Gasteiger partial charge in [0, 0.05) is 23.9 Å². The molecule has 2 amide bonds. The van der Waals surface area contributed by atoms with Gasteiger partial charge in [0.2, 0.25) is 17.2 Å². The van der Waals surface area contributed by atoms with Crippen LogP contribution < -0.4 is 16.5 Å². The molecule has 0 unspecified atom stereocenters. The smallest absolute Gasteiger partial charge is 0.248 e. The van der Waals surface area contributed by atoms with Crippen LogP contribution in [0.15, 0.2) is 59.5 Å². The maximum atomic E-state index is 12.1. The number of hydrogen-bond donors (Lipinski definition) is 2. The Morgan fingerprint density at radius 3 is 2.73 bits per heavy atom. The topological polar surface area (TPSA) is 107 Å². The monoisotopic (exact) mass is 350 g/mol. The normalized spacial score (nSPS) is 10.6. The fraction of sp³-hybridized carbons (Fsp3) is 0.158. The molecule has 0 fully saturated rings. The zero-order chi connectivity index (χ0) is 18.5. The van der Waals surface area contributed by atoms with E-state index >= 15 is 0 Å². The molecular weight excluding hydrogens is 332 g/mol. The fourth-order valence-corrected chi connectivity index (χ4v) is 2.67. The maximum absolute atomic E-state index is 12.1. The second-order valence-corrected chi connectivity index (χ2v) is 5.84. The van der Waals surface area contributed by atoms with Gasteiger partial charge in [0.25, 0.3) is 0 Å². The average Bonchev–Trinajstić information content (AvgIpc) is 2.66. The van der Waals surface area contributed by atoms with E-state index in [4.69, 9.17) is 5.73 Å². The van der Waals surface area contributed by atoms with Crippen LogP contribution in [0.4, 0.5) is 0 Å². The third-order valence-corrected chi connectivity index (χ3v) is 4.01. The zero-order valence-electron chi connectivity index (χ0n) is 14.0. The molecule has 0 aliphatic carbocycles. The Kier molecular flexibility index (Phi) is 5.07. The van der Waals surface area contributed by atoms with E-state index in [0.717, 1.165) is 5.56 Å². The minimum absolute atomic E-state index is 0.143. The standard InChI is InChI=1S/C19H18N4O3/c20-19(26)14-5-3-4-13(10-14)11-21-18(25)8-9-23-16-7-2-1-6-15(16)17(24)12-22-23/h1-7,10,12H,8-9,11H2,(H2,20,26)(H,21,25). The van der Waals surface area contributed by atoms with Gasteiger partial charge in [-0.05, 0) is 29.8 Å². The summed E-state index contributed by atoms with van der Waals surface area (Å²) in [5.74, 6) is -0.659. The van der Waals surface area contributed by atoms with Crippen LogP contribution in [-0.2, 0) is 17.9 Å². The van der Waals surface area contributed by atoms with Gasteiger partial charge in [0.15, 0.2) is 0 Å². The Morgan fingerprint density at radius 2 is 1.92 bits per heavy atom. The molecule has 7 heteroatoms. The summed E-state index contributed by atoms with van der Waals surface area (Å²) in [6, 6.07) is 14.0. The third-order valence-electron chi connectivity index (χ3n) is 4.01. The van der Waals surface area contributed by atoms with Gasteiger partial charge in [-0.2, -0.15) is 5.10 Å². The van der Waals surface area contributed by atoms with E-state index in [2.05, 4.69) is 10.4 Å². The number of aryl methyl sites for hydroxylation is 1. The molecule has 7 nitrogen and oxygen atoms in total. The lowest BCUT2D eigenvalue weighted by Gasteiger charge is -2.10. The molecule has 0 aliphatic heterocycles. The van der Waals surface area contributed by atoms with E-state index in [0.29, 0.717) is 29.6 Å².